The highest BCUT2D eigenvalue weighted by molar-refractivity contribution is 7.99. The van der Waals surface area contributed by atoms with Gasteiger partial charge < -0.3 is 20.8 Å². The first-order valence-corrected chi connectivity index (χ1v) is 6.74. The number of nitrogens with zero attached hydrogens (tertiary/aromatic N) is 1. The molecule has 1 aromatic carbocycles. The number of para-hydroxylation sites is 1. The predicted molar refractivity (Wildman–Crippen MR) is 70.6 cm³/mol. The maximum atomic E-state index is 11.9. The van der Waals surface area contributed by atoms with E-state index in [2.05, 4.69) is 0 Å². The molecule has 102 valence electrons. The average molecular weight is 282 g/mol. The van der Waals surface area contributed by atoms with Crippen LogP contribution in [-0.4, -0.2) is 45.3 Å². The second kappa shape index (κ2) is 5.50. The summed E-state index contributed by atoms with van der Waals surface area (Å²) < 4.78 is 0. The zero-order chi connectivity index (χ0) is 14.0. The van der Waals surface area contributed by atoms with Gasteiger partial charge in [-0.3, -0.25) is 4.79 Å². The van der Waals surface area contributed by atoms with Crippen LogP contribution in [0.2, 0.25) is 0 Å². The van der Waals surface area contributed by atoms with E-state index in [9.17, 15) is 14.7 Å². The molecule has 2 rings (SSSR count). The van der Waals surface area contributed by atoms with Gasteiger partial charge in [-0.15, -0.1) is 11.8 Å². The van der Waals surface area contributed by atoms with E-state index in [1.54, 1.807) is 18.2 Å². The molecule has 2 atom stereocenters. The molecule has 6 nitrogen and oxygen atoms in total. The Morgan fingerprint density at radius 2 is 2.11 bits per heavy atom. The fourth-order valence-corrected chi connectivity index (χ4v) is 3.51. The van der Waals surface area contributed by atoms with Gasteiger partial charge in [0.2, 0.25) is 5.91 Å². The number of hydrogen-bond acceptors (Lipinski definition) is 5. The fraction of sp³-hybridized carbons (Fsp3) is 0.333. The molecule has 1 amide bonds. The number of phenolic OH excluding ortho intramolecular Hbond substituents is 1. The summed E-state index contributed by atoms with van der Waals surface area (Å²) in [7, 11) is 0. The Bertz CT molecular complexity index is 508. The third kappa shape index (κ3) is 2.52. The number of aromatic hydroxyl groups is 1. The molecule has 1 aromatic rings. The molecular formula is C12H14N2O4S. The van der Waals surface area contributed by atoms with Crippen molar-refractivity contribution in [1.82, 2.24) is 4.90 Å². The van der Waals surface area contributed by atoms with E-state index in [1.165, 1.54) is 22.7 Å². The number of nitrogens with two attached hydrogens (primary N) is 1. The van der Waals surface area contributed by atoms with Gasteiger partial charge >= 0.3 is 5.97 Å². The lowest BCUT2D eigenvalue weighted by Gasteiger charge is -2.27. The Labute approximate surface area is 114 Å². The van der Waals surface area contributed by atoms with E-state index >= 15 is 0 Å². The molecule has 0 saturated carbocycles. The number of rotatable bonds is 3. The molecular weight excluding hydrogens is 268 g/mol. The van der Waals surface area contributed by atoms with Crippen molar-refractivity contribution in [2.45, 2.75) is 11.4 Å². The Hall–Kier alpha value is -1.73. The van der Waals surface area contributed by atoms with E-state index in [0.29, 0.717) is 5.56 Å². The van der Waals surface area contributed by atoms with Gasteiger partial charge in [0.1, 0.15) is 17.2 Å². The summed E-state index contributed by atoms with van der Waals surface area (Å²) in [6.45, 7) is -0.256. The lowest BCUT2D eigenvalue weighted by atomic mass is 10.1. The molecule has 7 heteroatoms. The van der Waals surface area contributed by atoms with Gasteiger partial charge in [-0.2, -0.15) is 0 Å². The van der Waals surface area contributed by atoms with Crippen LogP contribution in [0, 0.1) is 0 Å². The number of thioether (sulfide) groups is 1. The van der Waals surface area contributed by atoms with Crippen LogP contribution in [0.15, 0.2) is 24.3 Å². The molecule has 0 bridgehead atoms. The highest BCUT2D eigenvalue weighted by atomic mass is 32.2. The van der Waals surface area contributed by atoms with Crippen molar-refractivity contribution < 1.29 is 19.8 Å². The van der Waals surface area contributed by atoms with Crippen LogP contribution in [0.4, 0.5) is 0 Å². The lowest BCUT2D eigenvalue weighted by molar-refractivity contribution is -0.148. The van der Waals surface area contributed by atoms with Gasteiger partial charge in [0.05, 0.1) is 6.54 Å². The van der Waals surface area contributed by atoms with E-state index in [4.69, 9.17) is 10.8 Å². The molecule has 4 N–H and O–H groups in total. The number of carboxylic acid groups (broad SMARTS) is 1. The molecule has 0 aliphatic carbocycles. The second-order valence-corrected chi connectivity index (χ2v) is 5.22. The minimum absolute atomic E-state index is 0.0425. The standard InChI is InChI=1S/C12H14N2O4S/c13-5-10(16)14-8(12(17)18)6-19-11(14)7-3-1-2-4-9(7)15/h1-4,8,11,15H,5-6,13H2,(H,17,18)/t8?,11-/m1/s1. The van der Waals surface area contributed by atoms with Crippen LogP contribution in [0.3, 0.4) is 0 Å². The topological polar surface area (TPSA) is 104 Å². The summed E-state index contributed by atoms with van der Waals surface area (Å²) in [5.41, 5.74) is 5.86. The van der Waals surface area contributed by atoms with Gasteiger partial charge in [-0.25, -0.2) is 4.79 Å². The quantitative estimate of drug-likeness (QED) is 0.740. The number of amides is 1. The monoisotopic (exact) mass is 282 g/mol. The van der Waals surface area contributed by atoms with Gasteiger partial charge in [0.25, 0.3) is 0 Å². The molecule has 1 unspecified atom stereocenters. The summed E-state index contributed by atoms with van der Waals surface area (Å²) in [4.78, 5) is 24.3. The van der Waals surface area contributed by atoms with Crippen molar-refractivity contribution in [3.8, 4) is 5.75 Å². The molecule has 1 saturated heterocycles. The zero-order valence-corrected chi connectivity index (χ0v) is 10.8. The van der Waals surface area contributed by atoms with Crippen LogP contribution in [0.25, 0.3) is 0 Å². The van der Waals surface area contributed by atoms with Gasteiger partial charge in [-0.05, 0) is 6.07 Å². The summed E-state index contributed by atoms with van der Waals surface area (Å²) in [6, 6.07) is 5.67. The maximum Gasteiger partial charge on any atom is 0.327 e. The molecule has 0 aromatic heterocycles. The van der Waals surface area contributed by atoms with Crippen molar-refractivity contribution in [2.24, 2.45) is 5.73 Å². The van der Waals surface area contributed by atoms with Crippen LogP contribution in [0.1, 0.15) is 10.9 Å². The first kappa shape index (κ1) is 13.7. The van der Waals surface area contributed by atoms with Gasteiger partial charge in [0.15, 0.2) is 0 Å². The SMILES string of the molecule is NCC(=O)N1C(C(=O)O)CS[C@@H]1c1ccccc1O. The number of carbonyl (C=O) groups excluding carboxylic acids is 1. The van der Waals surface area contributed by atoms with E-state index < -0.39 is 23.3 Å². The number of benzene rings is 1. The Morgan fingerprint density at radius 1 is 1.42 bits per heavy atom. The minimum Gasteiger partial charge on any atom is -0.508 e. The summed E-state index contributed by atoms with van der Waals surface area (Å²) in [5.74, 6) is -1.18. The van der Waals surface area contributed by atoms with Crippen molar-refractivity contribution >= 4 is 23.6 Å². The number of carboxylic acids is 1. The first-order chi connectivity index (χ1) is 9.06. The van der Waals surface area contributed by atoms with Crippen LogP contribution in [0.5, 0.6) is 5.75 Å². The Balaban J connectivity index is 2.37. The van der Waals surface area contributed by atoms with Crippen LogP contribution >= 0.6 is 11.8 Å². The lowest BCUT2D eigenvalue weighted by Crippen LogP contribution is -2.45. The third-order valence-electron chi connectivity index (χ3n) is 2.95. The second-order valence-electron chi connectivity index (χ2n) is 4.10. The molecule has 0 radical (unpaired) electrons. The maximum absolute atomic E-state index is 11.9. The van der Waals surface area contributed by atoms with Crippen LogP contribution in [-0.2, 0) is 9.59 Å². The molecule has 1 fully saturated rings. The molecule has 1 aliphatic heterocycles. The average Bonchev–Trinajstić information content (AvgIpc) is 2.83. The van der Waals surface area contributed by atoms with Gasteiger partial charge in [0, 0.05) is 11.3 Å². The van der Waals surface area contributed by atoms with E-state index in [0.717, 1.165) is 0 Å². The number of carbonyl (C=O) groups is 2. The van der Waals surface area contributed by atoms with Crippen molar-refractivity contribution in [3.05, 3.63) is 29.8 Å². The first-order valence-electron chi connectivity index (χ1n) is 5.69. The molecule has 19 heavy (non-hydrogen) atoms. The van der Waals surface area contributed by atoms with E-state index in [-0.39, 0.29) is 18.0 Å². The van der Waals surface area contributed by atoms with Crippen molar-refractivity contribution in [2.75, 3.05) is 12.3 Å². The van der Waals surface area contributed by atoms with E-state index in [1.807, 2.05) is 0 Å². The zero-order valence-electron chi connectivity index (χ0n) is 10.0. The highest BCUT2D eigenvalue weighted by Gasteiger charge is 2.42. The summed E-state index contributed by atoms with van der Waals surface area (Å²) in [6.07, 6.45) is 0. The summed E-state index contributed by atoms with van der Waals surface area (Å²) >= 11 is 1.31. The minimum atomic E-state index is -1.06. The molecule has 0 spiro atoms. The number of aliphatic carboxylic acids is 1. The Kier molecular flexibility index (Phi) is 3.96. The van der Waals surface area contributed by atoms with Crippen molar-refractivity contribution in [3.63, 3.8) is 0 Å². The number of phenols is 1. The summed E-state index contributed by atoms with van der Waals surface area (Å²) in [5, 5.41) is 18.5. The highest BCUT2D eigenvalue weighted by Crippen LogP contribution is 2.44. The number of hydrogen-bond donors (Lipinski definition) is 3. The van der Waals surface area contributed by atoms with Crippen molar-refractivity contribution in [1.29, 1.82) is 0 Å². The van der Waals surface area contributed by atoms with Crippen LogP contribution < -0.4 is 5.73 Å². The van der Waals surface area contributed by atoms with Gasteiger partial charge in [-0.1, -0.05) is 18.2 Å². The third-order valence-corrected chi connectivity index (χ3v) is 4.26. The predicted octanol–water partition coefficient (Wildman–Crippen LogP) is 0.378. The molecule has 1 heterocycles. The normalized spacial score (nSPS) is 22.5. The fourth-order valence-electron chi connectivity index (χ4n) is 2.04. The smallest absolute Gasteiger partial charge is 0.327 e. The largest absolute Gasteiger partial charge is 0.508 e. The Morgan fingerprint density at radius 3 is 2.68 bits per heavy atom. The molecule has 1 aliphatic rings.